The van der Waals surface area contributed by atoms with Gasteiger partial charge in [0.2, 0.25) is 0 Å². The van der Waals surface area contributed by atoms with Crippen molar-refractivity contribution in [2.24, 2.45) is 5.92 Å². The van der Waals surface area contributed by atoms with Gasteiger partial charge in [0.05, 0.1) is 16.6 Å². The molecule has 7 nitrogen and oxygen atoms in total. The van der Waals surface area contributed by atoms with Crippen LogP contribution in [0.25, 0.3) is 0 Å². The van der Waals surface area contributed by atoms with Crippen molar-refractivity contribution in [1.82, 2.24) is 5.32 Å². The molecule has 1 aliphatic carbocycles. The Morgan fingerprint density at radius 2 is 2.00 bits per heavy atom. The number of ether oxygens (including phenoxy) is 1. The molecule has 0 aliphatic heterocycles. The summed E-state index contributed by atoms with van der Waals surface area (Å²) in [6, 6.07) is 1.68. The first-order valence-corrected chi connectivity index (χ1v) is 7.61. The molecule has 132 valence electrons. The minimum absolute atomic E-state index is 0.0653. The van der Waals surface area contributed by atoms with Crippen molar-refractivity contribution in [2.75, 3.05) is 5.73 Å². The van der Waals surface area contributed by atoms with Crippen LogP contribution in [0.4, 0.5) is 20.2 Å². The number of benzene rings is 1. The van der Waals surface area contributed by atoms with Gasteiger partial charge >= 0.3 is 6.61 Å². The van der Waals surface area contributed by atoms with Gasteiger partial charge < -0.3 is 15.8 Å². The molecule has 1 aromatic rings. The Morgan fingerprint density at radius 3 is 2.54 bits per heavy atom. The SMILES string of the molecule is C[C@H]1CC[C@H](NC(=O)c2cc(N)c([N+](=O)[O-])cc2OC(F)F)CC1. The minimum Gasteiger partial charge on any atom is -0.434 e. The second kappa shape index (κ2) is 7.41. The number of anilines is 1. The molecule has 0 unspecified atom stereocenters. The number of nitrogen functional groups attached to an aromatic ring is 1. The molecule has 0 atom stereocenters. The molecule has 1 saturated carbocycles. The summed E-state index contributed by atoms with van der Waals surface area (Å²) in [6.45, 7) is -1.08. The summed E-state index contributed by atoms with van der Waals surface area (Å²) in [5.74, 6) is -0.606. The van der Waals surface area contributed by atoms with Gasteiger partial charge in [-0.2, -0.15) is 8.78 Å². The molecule has 0 heterocycles. The first-order valence-electron chi connectivity index (χ1n) is 7.61. The number of rotatable bonds is 5. The van der Waals surface area contributed by atoms with Crippen molar-refractivity contribution in [1.29, 1.82) is 0 Å². The summed E-state index contributed by atoms with van der Waals surface area (Å²) in [6.07, 6.45) is 3.52. The van der Waals surface area contributed by atoms with E-state index in [-0.39, 0.29) is 17.3 Å². The van der Waals surface area contributed by atoms with Gasteiger partial charge in [-0.05, 0) is 37.7 Å². The van der Waals surface area contributed by atoms with Crippen LogP contribution < -0.4 is 15.8 Å². The van der Waals surface area contributed by atoms with Gasteiger partial charge in [-0.15, -0.1) is 0 Å². The maximum atomic E-state index is 12.5. The molecule has 0 spiro atoms. The lowest BCUT2D eigenvalue weighted by molar-refractivity contribution is -0.384. The van der Waals surface area contributed by atoms with Gasteiger partial charge in [0, 0.05) is 6.04 Å². The third-order valence-corrected chi connectivity index (χ3v) is 4.14. The zero-order valence-electron chi connectivity index (χ0n) is 13.1. The Bertz CT molecular complexity index is 631. The maximum absolute atomic E-state index is 12.5. The van der Waals surface area contributed by atoms with Gasteiger partial charge in [-0.3, -0.25) is 14.9 Å². The number of nitro groups is 1. The molecule has 1 amide bonds. The second-order valence-electron chi connectivity index (χ2n) is 5.97. The molecule has 0 bridgehead atoms. The predicted molar refractivity (Wildman–Crippen MR) is 83.0 cm³/mol. The molecular formula is C15H19F2N3O4. The topological polar surface area (TPSA) is 107 Å². The van der Waals surface area contributed by atoms with E-state index in [4.69, 9.17) is 5.73 Å². The number of nitrogens with one attached hydrogen (secondary N) is 1. The van der Waals surface area contributed by atoms with Crippen LogP contribution in [0.3, 0.4) is 0 Å². The normalized spacial score (nSPS) is 20.7. The highest BCUT2D eigenvalue weighted by atomic mass is 19.3. The maximum Gasteiger partial charge on any atom is 0.387 e. The van der Waals surface area contributed by atoms with E-state index in [0.717, 1.165) is 37.8 Å². The molecule has 3 N–H and O–H groups in total. The molecule has 1 aliphatic rings. The number of carbonyl (C=O) groups excluding carboxylic acids is 1. The number of nitrogens with zero attached hydrogens (tertiary/aromatic N) is 1. The lowest BCUT2D eigenvalue weighted by Gasteiger charge is -2.27. The van der Waals surface area contributed by atoms with Crippen LogP contribution in [0.1, 0.15) is 43.0 Å². The van der Waals surface area contributed by atoms with E-state index in [1.165, 1.54) is 0 Å². The van der Waals surface area contributed by atoms with Crippen LogP contribution in [-0.4, -0.2) is 23.5 Å². The van der Waals surface area contributed by atoms with Crippen LogP contribution in [0.5, 0.6) is 5.75 Å². The van der Waals surface area contributed by atoms with Crippen LogP contribution in [0, 0.1) is 16.0 Å². The van der Waals surface area contributed by atoms with Gasteiger partial charge in [0.15, 0.2) is 0 Å². The van der Waals surface area contributed by atoms with Crippen molar-refractivity contribution in [3.63, 3.8) is 0 Å². The van der Waals surface area contributed by atoms with Crippen molar-refractivity contribution < 1.29 is 23.2 Å². The molecule has 0 radical (unpaired) electrons. The zero-order valence-corrected chi connectivity index (χ0v) is 13.1. The van der Waals surface area contributed by atoms with Gasteiger partial charge in [-0.25, -0.2) is 0 Å². The fourth-order valence-electron chi connectivity index (χ4n) is 2.78. The molecule has 2 rings (SSSR count). The van der Waals surface area contributed by atoms with Gasteiger partial charge in [-0.1, -0.05) is 6.92 Å². The molecule has 1 aromatic carbocycles. The largest absolute Gasteiger partial charge is 0.434 e. The predicted octanol–water partition coefficient (Wildman–Crippen LogP) is 3.09. The molecule has 0 saturated heterocycles. The number of hydrogen-bond donors (Lipinski definition) is 2. The van der Waals surface area contributed by atoms with E-state index in [0.29, 0.717) is 5.92 Å². The smallest absolute Gasteiger partial charge is 0.387 e. The van der Waals surface area contributed by atoms with E-state index in [1.54, 1.807) is 0 Å². The number of alkyl halides is 2. The number of hydrogen-bond acceptors (Lipinski definition) is 5. The summed E-state index contributed by atoms with van der Waals surface area (Å²) < 4.78 is 29.4. The molecule has 1 fully saturated rings. The summed E-state index contributed by atoms with van der Waals surface area (Å²) in [5, 5.41) is 13.6. The van der Waals surface area contributed by atoms with E-state index in [2.05, 4.69) is 17.0 Å². The average molecular weight is 343 g/mol. The summed E-state index contributed by atoms with van der Waals surface area (Å²) in [5.41, 5.74) is 4.43. The van der Waals surface area contributed by atoms with Crippen molar-refractivity contribution >= 4 is 17.3 Å². The summed E-state index contributed by atoms with van der Waals surface area (Å²) >= 11 is 0. The Balaban J connectivity index is 2.24. The quantitative estimate of drug-likeness (QED) is 0.485. The monoisotopic (exact) mass is 343 g/mol. The Kier molecular flexibility index (Phi) is 5.53. The fraction of sp³-hybridized carbons (Fsp3) is 0.533. The highest BCUT2D eigenvalue weighted by molar-refractivity contribution is 5.99. The van der Waals surface area contributed by atoms with E-state index in [9.17, 15) is 23.7 Å². The van der Waals surface area contributed by atoms with E-state index in [1.807, 2.05) is 0 Å². The van der Waals surface area contributed by atoms with Crippen molar-refractivity contribution in [3.8, 4) is 5.75 Å². The first-order chi connectivity index (χ1) is 11.3. The Hall–Kier alpha value is -2.45. The van der Waals surface area contributed by atoms with Gasteiger partial charge in [0.25, 0.3) is 11.6 Å². The summed E-state index contributed by atoms with van der Waals surface area (Å²) in [7, 11) is 0. The number of halogens is 2. The standard InChI is InChI=1S/C15H19F2N3O4/c1-8-2-4-9(5-3-8)19-14(21)10-6-11(18)12(20(22)23)7-13(10)24-15(16)17/h6-9,15H,2-5,18H2,1H3,(H,19,21)/t8-,9-. The zero-order chi connectivity index (χ0) is 17.9. The molecule has 0 aromatic heterocycles. The lowest BCUT2D eigenvalue weighted by Crippen LogP contribution is -2.37. The highest BCUT2D eigenvalue weighted by Gasteiger charge is 2.26. The Labute approximate surface area is 137 Å². The fourth-order valence-corrected chi connectivity index (χ4v) is 2.78. The third-order valence-electron chi connectivity index (χ3n) is 4.14. The first kappa shape index (κ1) is 17.9. The van der Waals surface area contributed by atoms with E-state index < -0.39 is 28.9 Å². The number of carbonyl (C=O) groups is 1. The minimum atomic E-state index is -3.21. The van der Waals surface area contributed by atoms with Crippen LogP contribution in [0.15, 0.2) is 12.1 Å². The number of nitrogens with two attached hydrogens (primary N) is 1. The Morgan fingerprint density at radius 1 is 1.38 bits per heavy atom. The van der Waals surface area contributed by atoms with E-state index >= 15 is 0 Å². The average Bonchev–Trinajstić information content (AvgIpc) is 2.50. The van der Waals surface area contributed by atoms with Crippen LogP contribution in [0.2, 0.25) is 0 Å². The molecule has 24 heavy (non-hydrogen) atoms. The number of amides is 1. The van der Waals surface area contributed by atoms with Crippen LogP contribution in [-0.2, 0) is 0 Å². The van der Waals surface area contributed by atoms with Crippen molar-refractivity contribution in [2.45, 2.75) is 45.3 Å². The second-order valence-corrected chi connectivity index (χ2v) is 5.97. The molecule has 9 heteroatoms. The number of nitro benzene ring substituents is 1. The third kappa shape index (κ3) is 4.30. The van der Waals surface area contributed by atoms with Crippen molar-refractivity contribution in [3.05, 3.63) is 27.8 Å². The summed E-state index contributed by atoms with van der Waals surface area (Å²) in [4.78, 5) is 22.4. The lowest BCUT2D eigenvalue weighted by atomic mass is 9.87. The van der Waals surface area contributed by atoms with Gasteiger partial charge in [0.1, 0.15) is 11.4 Å². The van der Waals surface area contributed by atoms with Crippen LogP contribution >= 0.6 is 0 Å². The molecular weight excluding hydrogens is 324 g/mol. The highest BCUT2D eigenvalue weighted by Crippen LogP contribution is 2.32.